The Hall–Kier alpha value is -1.98. The van der Waals surface area contributed by atoms with Crippen LogP contribution in [0, 0.1) is 11.6 Å². The minimum absolute atomic E-state index is 0.466. The lowest BCUT2D eigenvalue weighted by Crippen LogP contribution is -2.50. The van der Waals surface area contributed by atoms with Gasteiger partial charge in [-0.05, 0) is 26.0 Å². The third kappa shape index (κ3) is 2.82. The van der Waals surface area contributed by atoms with Crippen LogP contribution in [-0.4, -0.2) is 24.5 Å². The Morgan fingerprint density at radius 2 is 1.89 bits per heavy atom. The average Bonchev–Trinajstić information content (AvgIpc) is 2.30. The second kappa shape index (κ2) is 5.12. The summed E-state index contributed by atoms with van der Waals surface area (Å²) < 4.78 is 30.8. The van der Waals surface area contributed by atoms with Crippen molar-refractivity contribution in [3.8, 4) is 0 Å². The van der Waals surface area contributed by atoms with Crippen LogP contribution in [0.3, 0.4) is 0 Å². The molecule has 0 saturated carbocycles. The molecule has 6 heteroatoms. The van der Waals surface area contributed by atoms with E-state index < -0.39 is 34.6 Å². The Morgan fingerprint density at radius 3 is 2.44 bits per heavy atom. The molecule has 0 spiro atoms. The first-order valence-electron chi connectivity index (χ1n) is 5.14. The molecule has 98 valence electrons. The van der Waals surface area contributed by atoms with Crippen molar-refractivity contribution < 1.29 is 23.1 Å². The molecule has 0 aliphatic carbocycles. The SMILES string of the molecule is COC(=O)C(C)(C)NC(=O)c1cccc(F)c1F. The summed E-state index contributed by atoms with van der Waals surface area (Å²) in [5, 5.41) is 2.27. The zero-order valence-corrected chi connectivity index (χ0v) is 10.2. The number of esters is 1. The minimum atomic E-state index is -1.33. The molecule has 0 aliphatic rings. The van der Waals surface area contributed by atoms with Crippen LogP contribution in [0.5, 0.6) is 0 Å². The van der Waals surface area contributed by atoms with Crippen LogP contribution in [-0.2, 0) is 9.53 Å². The zero-order chi connectivity index (χ0) is 13.9. The average molecular weight is 257 g/mol. The van der Waals surface area contributed by atoms with Crippen LogP contribution in [0.15, 0.2) is 18.2 Å². The maximum atomic E-state index is 13.4. The van der Waals surface area contributed by atoms with Gasteiger partial charge in [-0.25, -0.2) is 13.6 Å². The molecule has 1 N–H and O–H groups in total. The molecular weight excluding hydrogens is 244 g/mol. The van der Waals surface area contributed by atoms with Gasteiger partial charge in [0, 0.05) is 0 Å². The number of methoxy groups -OCH3 is 1. The number of hydrogen-bond donors (Lipinski definition) is 1. The molecular formula is C12H13F2NO3. The van der Waals surface area contributed by atoms with Gasteiger partial charge < -0.3 is 10.1 Å². The van der Waals surface area contributed by atoms with Gasteiger partial charge in [0.2, 0.25) is 0 Å². The molecule has 4 nitrogen and oxygen atoms in total. The summed E-state index contributed by atoms with van der Waals surface area (Å²) in [5.74, 6) is -3.95. The van der Waals surface area contributed by atoms with Crippen molar-refractivity contribution in [3.05, 3.63) is 35.4 Å². The molecule has 0 bridgehead atoms. The second-order valence-corrected chi connectivity index (χ2v) is 4.17. The van der Waals surface area contributed by atoms with Crippen molar-refractivity contribution in [1.82, 2.24) is 5.32 Å². The molecule has 1 aromatic rings. The highest BCUT2D eigenvalue weighted by atomic mass is 19.2. The van der Waals surface area contributed by atoms with E-state index in [4.69, 9.17) is 0 Å². The van der Waals surface area contributed by atoms with Gasteiger partial charge in [0.1, 0.15) is 5.54 Å². The lowest BCUT2D eigenvalue weighted by atomic mass is 10.0. The molecule has 1 rings (SSSR count). The number of carbonyl (C=O) groups is 2. The number of hydrogen-bond acceptors (Lipinski definition) is 3. The van der Waals surface area contributed by atoms with Gasteiger partial charge in [0.15, 0.2) is 11.6 Å². The minimum Gasteiger partial charge on any atom is -0.467 e. The summed E-state index contributed by atoms with van der Waals surface area (Å²) in [6.07, 6.45) is 0. The van der Waals surface area contributed by atoms with E-state index in [1.807, 2.05) is 0 Å². The Kier molecular flexibility index (Phi) is 4.00. The summed E-state index contributed by atoms with van der Waals surface area (Å²) in [6, 6.07) is 3.23. The maximum Gasteiger partial charge on any atom is 0.330 e. The lowest BCUT2D eigenvalue weighted by Gasteiger charge is -2.23. The number of halogens is 2. The summed E-state index contributed by atoms with van der Waals surface area (Å²) >= 11 is 0. The summed E-state index contributed by atoms with van der Waals surface area (Å²) in [4.78, 5) is 23.1. The van der Waals surface area contributed by atoms with Crippen LogP contribution < -0.4 is 5.32 Å². The Bertz CT molecular complexity index is 486. The third-order valence-electron chi connectivity index (χ3n) is 2.32. The standard InChI is InChI=1S/C12H13F2NO3/c1-12(2,11(17)18-3)15-10(16)7-5-4-6-8(13)9(7)14/h4-6H,1-3H3,(H,15,16). The molecule has 0 unspecified atom stereocenters. The highest BCUT2D eigenvalue weighted by Gasteiger charge is 2.31. The molecule has 18 heavy (non-hydrogen) atoms. The molecule has 1 amide bonds. The number of amides is 1. The largest absolute Gasteiger partial charge is 0.467 e. The van der Waals surface area contributed by atoms with Crippen molar-refractivity contribution in [2.45, 2.75) is 19.4 Å². The van der Waals surface area contributed by atoms with Gasteiger partial charge in [-0.3, -0.25) is 4.79 Å². The predicted molar refractivity (Wildman–Crippen MR) is 59.9 cm³/mol. The molecule has 0 radical (unpaired) electrons. The fourth-order valence-electron chi connectivity index (χ4n) is 1.34. The molecule has 0 aliphatic heterocycles. The molecule has 0 aromatic heterocycles. The van der Waals surface area contributed by atoms with Crippen molar-refractivity contribution in [1.29, 1.82) is 0 Å². The predicted octanol–water partition coefficient (Wildman–Crippen LogP) is 1.65. The van der Waals surface area contributed by atoms with Crippen LogP contribution in [0.25, 0.3) is 0 Å². The Balaban J connectivity index is 2.96. The monoisotopic (exact) mass is 257 g/mol. The fourth-order valence-corrected chi connectivity index (χ4v) is 1.34. The van der Waals surface area contributed by atoms with E-state index in [-0.39, 0.29) is 0 Å². The van der Waals surface area contributed by atoms with E-state index >= 15 is 0 Å². The second-order valence-electron chi connectivity index (χ2n) is 4.17. The van der Waals surface area contributed by atoms with E-state index in [1.54, 1.807) is 0 Å². The number of carbonyl (C=O) groups excluding carboxylic acids is 2. The molecule has 0 saturated heterocycles. The first-order chi connectivity index (χ1) is 8.29. The van der Waals surface area contributed by atoms with Gasteiger partial charge in [0.25, 0.3) is 5.91 Å². The number of rotatable bonds is 3. The first kappa shape index (κ1) is 14.1. The molecule has 1 aromatic carbocycles. The van der Waals surface area contributed by atoms with Gasteiger partial charge >= 0.3 is 5.97 Å². The molecule has 0 atom stereocenters. The highest BCUT2D eigenvalue weighted by molar-refractivity contribution is 5.98. The van der Waals surface area contributed by atoms with Crippen molar-refractivity contribution in [3.63, 3.8) is 0 Å². The van der Waals surface area contributed by atoms with Crippen LogP contribution in [0.2, 0.25) is 0 Å². The quantitative estimate of drug-likeness (QED) is 0.837. The summed E-state index contributed by atoms with van der Waals surface area (Å²) in [7, 11) is 1.17. The third-order valence-corrected chi connectivity index (χ3v) is 2.32. The van der Waals surface area contributed by atoms with E-state index in [2.05, 4.69) is 10.1 Å². The smallest absolute Gasteiger partial charge is 0.330 e. The lowest BCUT2D eigenvalue weighted by molar-refractivity contribution is -0.146. The molecule has 0 heterocycles. The zero-order valence-electron chi connectivity index (χ0n) is 10.2. The first-order valence-corrected chi connectivity index (χ1v) is 5.14. The summed E-state index contributed by atoms with van der Waals surface area (Å²) in [5.41, 5.74) is -1.79. The Labute approximate surface area is 103 Å². The van der Waals surface area contributed by atoms with Gasteiger partial charge in [-0.1, -0.05) is 6.07 Å². The topological polar surface area (TPSA) is 55.4 Å². The van der Waals surface area contributed by atoms with Crippen molar-refractivity contribution >= 4 is 11.9 Å². The van der Waals surface area contributed by atoms with Crippen LogP contribution in [0.1, 0.15) is 24.2 Å². The van der Waals surface area contributed by atoms with Gasteiger partial charge in [0.05, 0.1) is 12.7 Å². The molecule has 0 fully saturated rings. The summed E-state index contributed by atoms with van der Waals surface area (Å²) in [6.45, 7) is 2.79. The number of nitrogens with one attached hydrogen (secondary N) is 1. The number of ether oxygens (including phenoxy) is 1. The van der Waals surface area contributed by atoms with Crippen molar-refractivity contribution in [2.75, 3.05) is 7.11 Å². The van der Waals surface area contributed by atoms with Crippen molar-refractivity contribution in [2.24, 2.45) is 0 Å². The van der Waals surface area contributed by atoms with E-state index in [0.29, 0.717) is 0 Å². The van der Waals surface area contributed by atoms with Crippen LogP contribution >= 0.6 is 0 Å². The maximum absolute atomic E-state index is 13.4. The number of benzene rings is 1. The van der Waals surface area contributed by atoms with E-state index in [0.717, 1.165) is 12.1 Å². The Morgan fingerprint density at radius 1 is 1.28 bits per heavy atom. The van der Waals surface area contributed by atoms with Gasteiger partial charge in [-0.2, -0.15) is 0 Å². The highest BCUT2D eigenvalue weighted by Crippen LogP contribution is 2.13. The van der Waals surface area contributed by atoms with E-state index in [9.17, 15) is 18.4 Å². The van der Waals surface area contributed by atoms with E-state index in [1.165, 1.54) is 27.0 Å². The normalized spacial score (nSPS) is 10.9. The van der Waals surface area contributed by atoms with Gasteiger partial charge in [-0.15, -0.1) is 0 Å². The van der Waals surface area contributed by atoms with Crippen LogP contribution in [0.4, 0.5) is 8.78 Å². The fraction of sp³-hybridized carbons (Fsp3) is 0.333.